The molecule has 0 aliphatic carbocycles. The summed E-state index contributed by atoms with van der Waals surface area (Å²) in [6.45, 7) is 0. The molecule has 2 rings (SSSR count). The van der Waals surface area contributed by atoms with Crippen LogP contribution >= 0.6 is 15.9 Å². The zero-order valence-corrected chi connectivity index (χ0v) is 10.8. The molecule has 0 amide bonds. The standard InChI is InChI=1S/C12H9BrN2O3/c13-9-6-11(15(17)18)12(8-16)14(7-9)10-4-2-1-3-5-10/h1-8,12H. The van der Waals surface area contributed by atoms with Gasteiger partial charge in [0.2, 0.25) is 0 Å². The summed E-state index contributed by atoms with van der Waals surface area (Å²) < 4.78 is 0.552. The number of carbonyl (C=O) groups is 1. The zero-order chi connectivity index (χ0) is 13.1. The molecule has 1 aliphatic heterocycles. The highest BCUT2D eigenvalue weighted by Gasteiger charge is 2.33. The molecule has 0 N–H and O–H groups in total. The van der Waals surface area contributed by atoms with Crippen LogP contribution in [0.25, 0.3) is 0 Å². The fourth-order valence-electron chi connectivity index (χ4n) is 1.75. The van der Waals surface area contributed by atoms with Gasteiger partial charge in [-0.15, -0.1) is 0 Å². The molecule has 1 aromatic rings. The number of hydrogen-bond donors (Lipinski definition) is 0. The van der Waals surface area contributed by atoms with Gasteiger partial charge in [0.1, 0.15) is 0 Å². The van der Waals surface area contributed by atoms with Crippen LogP contribution in [0.15, 0.2) is 52.8 Å². The first kappa shape index (κ1) is 12.5. The van der Waals surface area contributed by atoms with Gasteiger partial charge < -0.3 is 9.69 Å². The summed E-state index contributed by atoms with van der Waals surface area (Å²) in [5, 5.41) is 10.9. The fraction of sp³-hybridized carbons (Fsp3) is 0.0833. The van der Waals surface area contributed by atoms with E-state index in [9.17, 15) is 14.9 Å². The highest BCUT2D eigenvalue weighted by molar-refractivity contribution is 9.11. The molecule has 0 radical (unpaired) electrons. The molecule has 0 bridgehead atoms. The molecule has 6 heteroatoms. The van der Waals surface area contributed by atoms with Gasteiger partial charge in [-0.2, -0.15) is 0 Å². The molecule has 0 saturated heterocycles. The molecule has 18 heavy (non-hydrogen) atoms. The second-order valence-electron chi connectivity index (χ2n) is 3.66. The van der Waals surface area contributed by atoms with Gasteiger partial charge in [-0.1, -0.05) is 18.2 Å². The maximum atomic E-state index is 11.1. The van der Waals surface area contributed by atoms with Crippen LogP contribution in [-0.2, 0) is 4.79 Å². The number of rotatable bonds is 3. The Morgan fingerprint density at radius 1 is 1.33 bits per heavy atom. The van der Waals surface area contributed by atoms with Gasteiger partial charge in [0.15, 0.2) is 12.3 Å². The van der Waals surface area contributed by atoms with Crippen LogP contribution in [0.5, 0.6) is 0 Å². The highest BCUT2D eigenvalue weighted by Crippen LogP contribution is 2.28. The molecule has 1 heterocycles. The lowest BCUT2D eigenvalue weighted by molar-refractivity contribution is -0.428. The van der Waals surface area contributed by atoms with E-state index >= 15 is 0 Å². The van der Waals surface area contributed by atoms with E-state index in [1.807, 2.05) is 18.2 Å². The minimum absolute atomic E-state index is 0.150. The Labute approximate surface area is 112 Å². The average Bonchev–Trinajstić information content (AvgIpc) is 2.38. The number of anilines is 1. The Morgan fingerprint density at radius 2 is 2.00 bits per heavy atom. The summed E-state index contributed by atoms with van der Waals surface area (Å²) in [7, 11) is 0. The van der Waals surface area contributed by atoms with E-state index in [1.54, 1.807) is 23.2 Å². The number of benzene rings is 1. The van der Waals surface area contributed by atoms with Crippen molar-refractivity contribution >= 4 is 27.9 Å². The zero-order valence-electron chi connectivity index (χ0n) is 9.19. The van der Waals surface area contributed by atoms with E-state index in [1.165, 1.54) is 6.08 Å². The smallest absolute Gasteiger partial charge is 0.277 e. The quantitative estimate of drug-likeness (QED) is 0.489. The first-order chi connectivity index (χ1) is 8.63. The summed E-state index contributed by atoms with van der Waals surface area (Å²) in [5.41, 5.74) is 0.572. The van der Waals surface area contributed by atoms with Crippen LogP contribution in [0, 0.1) is 10.1 Å². The Hall–Kier alpha value is -1.95. The lowest BCUT2D eigenvalue weighted by Crippen LogP contribution is -2.38. The van der Waals surface area contributed by atoms with Crippen LogP contribution in [0.2, 0.25) is 0 Å². The second kappa shape index (κ2) is 5.14. The number of hydrogen-bond acceptors (Lipinski definition) is 4. The highest BCUT2D eigenvalue weighted by atomic mass is 79.9. The predicted molar refractivity (Wildman–Crippen MR) is 70.9 cm³/mol. The van der Waals surface area contributed by atoms with Crippen molar-refractivity contribution in [3.63, 3.8) is 0 Å². The third kappa shape index (κ3) is 2.33. The molecule has 5 nitrogen and oxygen atoms in total. The minimum atomic E-state index is -0.913. The maximum absolute atomic E-state index is 11.1. The van der Waals surface area contributed by atoms with Crippen LogP contribution in [0.4, 0.5) is 5.69 Å². The summed E-state index contributed by atoms with van der Waals surface area (Å²) in [4.78, 5) is 23.1. The summed E-state index contributed by atoms with van der Waals surface area (Å²) in [6, 6.07) is 8.12. The Bertz CT molecular complexity index is 540. The molecule has 1 aliphatic rings. The van der Waals surface area contributed by atoms with Crippen molar-refractivity contribution in [2.45, 2.75) is 6.04 Å². The van der Waals surface area contributed by atoms with E-state index in [-0.39, 0.29) is 5.70 Å². The van der Waals surface area contributed by atoms with Gasteiger partial charge in [0, 0.05) is 22.4 Å². The molecule has 92 valence electrons. The van der Waals surface area contributed by atoms with E-state index in [0.717, 1.165) is 5.69 Å². The molecular formula is C12H9BrN2O3. The van der Waals surface area contributed by atoms with Crippen LogP contribution in [0.3, 0.4) is 0 Å². The summed E-state index contributed by atoms with van der Waals surface area (Å²) in [6.07, 6.45) is 3.57. The van der Waals surface area contributed by atoms with Crippen LogP contribution in [0.1, 0.15) is 0 Å². The average molecular weight is 309 g/mol. The normalized spacial score (nSPS) is 18.9. The first-order valence-electron chi connectivity index (χ1n) is 5.15. The largest absolute Gasteiger partial charge is 0.327 e. The van der Waals surface area contributed by atoms with Gasteiger partial charge in [-0.05, 0) is 28.1 Å². The third-order valence-corrected chi connectivity index (χ3v) is 2.98. The van der Waals surface area contributed by atoms with Crippen molar-refractivity contribution < 1.29 is 9.72 Å². The van der Waals surface area contributed by atoms with Crippen LogP contribution < -0.4 is 4.90 Å². The van der Waals surface area contributed by atoms with Crippen molar-refractivity contribution in [1.82, 2.24) is 0 Å². The number of nitrogens with zero attached hydrogens (tertiary/aromatic N) is 2. The van der Waals surface area contributed by atoms with Crippen molar-refractivity contribution in [3.05, 3.63) is 62.9 Å². The van der Waals surface area contributed by atoms with Gasteiger partial charge in [-0.25, -0.2) is 0 Å². The van der Waals surface area contributed by atoms with Gasteiger partial charge in [0.05, 0.1) is 4.92 Å². The maximum Gasteiger partial charge on any atom is 0.277 e. The van der Waals surface area contributed by atoms with Gasteiger partial charge in [0.25, 0.3) is 5.70 Å². The third-order valence-electron chi connectivity index (χ3n) is 2.54. The lowest BCUT2D eigenvalue weighted by atomic mass is 10.1. The van der Waals surface area contributed by atoms with E-state index in [4.69, 9.17) is 0 Å². The van der Waals surface area contributed by atoms with E-state index in [2.05, 4.69) is 15.9 Å². The fourth-order valence-corrected chi connectivity index (χ4v) is 2.21. The van der Waals surface area contributed by atoms with Gasteiger partial charge >= 0.3 is 0 Å². The number of halogens is 1. The van der Waals surface area contributed by atoms with Crippen LogP contribution in [-0.4, -0.2) is 17.3 Å². The summed E-state index contributed by atoms with van der Waals surface area (Å²) >= 11 is 3.21. The molecule has 1 aromatic carbocycles. The lowest BCUT2D eigenvalue weighted by Gasteiger charge is -2.27. The molecule has 1 unspecified atom stereocenters. The Balaban J connectivity index is 2.46. The topological polar surface area (TPSA) is 63.4 Å². The molecule has 0 aromatic heterocycles. The number of nitro groups is 1. The predicted octanol–water partition coefficient (Wildman–Crippen LogP) is 2.47. The van der Waals surface area contributed by atoms with Crippen molar-refractivity contribution in [3.8, 4) is 0 Å². The van der Waals surface area contributed by atoms with E-state index < -0.39 is 11.0 Å². The number of allylic oxidation sites excluding steroid dienone is 2. The SMILES string of the molecule is O=CC1C([N+](=O)[O-])=CC(Br)=CN1c1ccccc1. The van der Waals surface area contributed by atoms with Crippen molar-refractivity contribution in [2.24, 2.45) is 0 Å². The number of para-hydroxylation sites is 1. The Morgan fingerprint density at radius 3 is 2.56 bits per heavy atom. The second-order valence-corrected chi connectivity index (χ2v) is 4.58. The molecule has 1 atom stereocenters. The monoisotopic (exact) mass is 308 g/mol. The van der Waals surface area contributed by atoms with Gasteiger partial charge in [-0.3, -0.25) is 10.1 Å². The summed E-state index contributed by atoms with van der Waals surface area (Å²) in [5.74, 6) is 0. The number of aldehydes is 1. The molecular weight excluding hydrogens is 300 g/mol. The Kier molecular flexibility index (Phi) is 3.57. The van der Waals surface area contributed by atoms with E-state index in [0.29, 0.717) is 10.8 Å². The minimum Gasteiger partial charge on any atom is -0.327 e. The molecule has 0 saturated carbocycles. The van der Waals surface area contributed by atoms with Crippen molar-refractivity contribution in [1.29, 1.82) is 0 Å². The number of carbonyl (C=O) groups excluding carboxylic acids is 1. The first-order valence-corrected chi connectivity index (χ1v) is 5.95. The molecule has 0 fully saturated rings. The van der Waals surface area contributed by atoms with Crippen molar-refractivity contribution in [2.75, 3.05) is 4.90 Å². The molecule has 0 spiro atoms.